The Morgan fingerprint density at radius 2 is 2.00 bits per heavy atom. The minimum atomic E-state index is -1.31. The third-order valence-electron chi connectivity index (χ3n) is 5.33. The van der Waals surface area contributed by atoms with E-state index in [1.54, 1.807) is 6.07 Å². The second-order valence-electron chi connectivity index (χ2n) is 8.32. The maximum Gasteiger partial charge on any atom is 0.272 e. The van der Waals surface area contributed by atoms with Gasteiger partial charge in [0.05, 0.1) is 12.5 Å². The molecule has 2 heterocycles. The summed E-state index contributed by atoms with van der Waals surface area (Å²) in [6, 6.07) is 8.13. The minimum absolute atomic E-state index is 0.0553. The molecule has 1 fully saturated rings. The maximum absolute atomic E-state index is 13.1. The lowest BCUT2D eigenvalue weighted by Crippen LogP contribution is -2.56. The Hall–Kier alpha value is -3.43. The number of hydrogen-bond acceptors (Lipinski definition) is 4. The zero-order valence-corrected chi connectivity index (χ0v) is 18.1. The van der Waals surface area contributed by atoms with Gasteiger partial charge in [0.25, 0.3) is 17.7 Å². The zero-order valence-electron chi connectivity index (χ0n) is 18.1. The van der Waals surface area contributed by atoms with Crippen molar-refractivity contribution in [2.45, 2.75) is 32.7 Å². The van der Waals surface area contributed by atoms with Crippen molar-refractivity contribution in [3.8, 4) is 0 Å². The first kappa shape index (κ1) is 23.2. The summed E-state index contributed by atoms with van der Waals surface area (Å²) in [7, 11) is 0. The van der Waals surface area contributed by atoms with E-state index in [2.05, 4.69) is 21.0 Å². The van der Waals surface area contributed by atoms with Gasteiger partial charge in [-0.25, -0.2) is 4.39 Å². The molecular formula is C22H28FN5O4. The zero-order chi connectivity index (χ0) is 23.3. The molecule has 4 amide bonds. The fourth-order valence-corrected chi connectivity index (χ4v) is 3.67. The molecule has 9 nitrogen and oxygen atoms in total. The third kappa shape index (κ3) is 5.63. The Kier molecular flexibility index (Phi) is 7.45. The molecule has 2 atom stereocenters. The van der Waals surface area contributed by atoms with E-state index in [1.165, 1.54) is 0 Å². The van der Waals surface area contributed by atoms with Crippen LogP contribution in [0.25, 0.3) is 10.9 Å². The van der Waals surface area contributed by atoms with Crippen LogP contribution in [0.1, 0.15) is 37.2 Å². The third-order valence-corrected chi connectivity index (χ3v) is 5.33. The van der Waals surface area contributed by atoms with Gasteiger partial charge in [0.2, 0.25) is 5.91 Å². The van der Waals surface area contributed by atoms with Gasteiger partial charge in [-0.15, -0.1) is 0 Å². The van der Waals surface area contributed by atoms with Crippen molar-refractivity contribution in [1.82, 2.24) is 26.1 Å². The number of nitrogens with zero attached hydrogens (tertiary/aromatic N) is 1. The summed E-state index contributed by atoms with van der Waals surface area (Å²) in [5.41, 5.74) is 3.49. The van der Waals surface area contributed by atoms with Crippen molar-refractivity contribution < 1.29 is 23.6 Å². The number of carbonyl (C=O) groups excluding carboxylic acids is 4. The summed E-state index contributed by atoms with van der Waals surface area (Å²) in [6.07, 6.45) is 0.788. The molecule has 1 aliphatic rings. The molecule has 0 bridgehead atoms. The smallest absolute Gasteiger partial charge is 0.272 e. The molecule has 0 aliphatic carbocycles. The molecule has 1 aliphatic heterocycles. The average molecular weight is 445 g/mol. The highest BCUT2D eigenvalue weighted by molar-refractivity contribution is 6.00. The average Bonchev–Trinajstić information content (AvgIpc) is 3.37. The molecule has 0 spiro atoms. The van der Waals surface area contributed by atoms with E-state index in [-0.39, 0.29) is 18.4 Å². The molecule has 1 aromatic heterocycles. The lowest BCUT2D eigenvalue weighted by Gasteiger charge is -2.27. The topological polar surface area (TPSA) is 123 Å². The Bertz CT molecular complexity index is 972. The quantitative estimate of drug-likeness (QED) is 0.457. The summed E-state index contributed by atoms with van der Waals surface area (Å²) >= 11 is 0. The normalized spacial score (nSPS) is 16.6. The van der Waals surface area contributed by atoms with Crippen LogP contribution < -0.4 is 16.1 Å². The number of nitrogens with one attached hydrogen (secondary N) is 4. The first-order valence-corrected chi connectivity index (χ1v) is 10.6. The molecule has 1 aromatic carbocycles. The Morgan fingerprint density at radius 1 is 1.25 bits per heavy atom. The molecule has 0 saturated carbocycles. The van der Waals surface area contributed by atoms with E-state index in [0.29, 0.717) is 25.1 Å². The molecule has 3 rings (SSSR count). The number of para-hydroxylation sites is 1. The molecule has 172 valence electrons. The number of aromatic nitrogens is 1. The van der Waals surface area contributed by atoms with Crippen LogP contribution in [0.4, 0.5) is 4.39 Å². The predicted molar refractivity (Wildman–Crippen MR) is 116 cm³/mol. The monoisotopic (exact) mass is 445 g/mol. The maximum atomic E-state index is 13.1. The van der Waals surface area contributed by atoms with E-state index in [9.17, 15) is 23.6 Å². The number of carbonyl (C=O) groups is 4. The van der Waals surface area contributed by atoms with Gasteiger partial charge in [-0.05, 0) is 30.9 Å². The second-order valence-corrected chi connectivity index (χ2v) is 8.32. The second kappa shape index (κ2) is 10.3. The molecular weight excluding hydrogens is 417 g/mol. The highest BCUT2D eigenvalue weighted by atomic mass is 19.1. The van der Waals surface area contributed by atoms with Crippen LogP contribution in [-0.4, -0.2) is 59.4 Å². The summed E-state index contributed by atoms with van der Waals surface area (Å²) in [6.45, 7) is 2.80. The SMILES string of the molecule is CC(C)C[C@H](NC(=O)c1cc2ccccc2[nH]1)C(=O)NN(C[C@H]1CCNC1=O)C(=O)CF. The van der Waals surface area contributed by atoms with Crippen LogP contribution in [0.2, 0.25) is 0 Å². The largest absolute Gasteiger partial charge is 0.356 e. The van der Waals surface area contributed by atoms with Crippen molar-refractivity contribution in [1.29, 1.82) is 0 Å². The van der Waals surface area contributed by atoms with Crippen LogP contribution in [-0.2, 0) is 14.4 Å². The summed E-state index contributed by atoms with van der Waals surface area (Å²) in [5, 5.41) is 7.03. The number of alkyl halides is 1. The fourth-order valence-electron chi connectivity index (χ4n) is 3.67. The molecule has 1 saturated heterocycles. The van der Waals surface area contributed by atoms with Gasteiger partial charge in [-0.2, -0.15) is 0 Å². The number of aromatic amines is 1. The molecule has 0 radical (unpaired) electrons. The summed E-state index contributed by atoms with van der Waals surface area (Å²) in [4.78, 5) is 52.6. The predicted octanol–water partition coefficient (Wildman–Crippen LogP) is 1.28. The Morgan fingerprint density at radius 3 is 2.62 bits per heavy atom. The van der Waals surface area contributed by atoms with Crippen molar-refractivity contribution in [3.05, 3.63) is 36.0 Å². The molecule has 2 aromatic rings. The Labute approximate surface area is 185 Å². The lowest BCUT2D eigenvalue weighted by molar-refractivity contribution is -0.144. The number of fused-ring (bicyclic) bond motifs is 1. The number of H-pyrrole nitrogens is 1. The highest BCUT2D eigenvalue weighted by Crippen LogP contribution is 2.16. The molecule has 10 heteroatoms. The van der Waals surface area contributed by atoms with Crippen LogP contribution in [0.5, 0.6) is 0 Å². The van der Waals surface area contributed by atoms with Gasteiger partial charge in [-0.3, -0.25) is 29.6 Å². The lowest BCUT2D eigenvalue weighted by atomic mass is 10.0. The number of amides is 4. The van der Waals surface area contributed by atoms with E-state index < -0.39 is 36.4 Å². The van der Waals surface area contributed by atoms with Crippen LogP contribution in [0, 0.1) is 11.8 Å². The van der Waals surface area contributed by atoms with Gasteiger partial charge in [-0.1, -0.05) is 32.0 Å². The van der Waals surface area contributed by atoms with E-state index in [0.717, 1.165) is 15.9 Å². The van der Waals surface area contributed by atoms with Crippen LogP contribution in [0.3, 0.4) is 0 Å². The molecule has 32 heavy (non-hydrogen) atoms. The standard InChI is InChI=1S/C22H28FN5O4/c1-13(2)9-17(26-21(31)18-10-14-5-3-4-6-16(14)25-18)22(32)27-28(19(29)11-23)12-15-7-8-24-20(15)30/h3-6,10,13,15,17,25H,7-9,11-12H2,1-2H3,(H,24,30)(H,26,31)(H,27,32)/t15-,17+/m1/s1. The first-order chi connectivity index (χ1) is 15.3. The number of rotatable bonds is 8. The molecule has 0 unspecified atom stereocenters. The van der Waals surface area contributed by atoms with Crippen molar-refractivity contribution >= 4 is 34.5 Å². The van der Waals surface area contributed by atoms with Gasteiger partial charge in [0.1, 0.15) is 11.7 Å². The number of benzene rings is 1. The van der Waals surface area contributed by atoms with E-state index in [4.69, 9.17) is 0 Å². The van der Waals surface area contributed by atoms with Crippen LogP contribution >= 0.6 is 0 Å². The van der Waals surface area contributed by atoms with Crippen molar-refractivity contribution in [2.24, 2.45) is 11.8 Å². The van der Waals surface area contributed by atoms with Crippen molar-refractivity contribution in [2.75, 3.05) is 19.8 Å². The van der Waals surface area contributed by atoms with Crippen LogP contribution in [0.15, 0.2) is 30.3 Å². The summed E-state index contributed by atoms with van der Waals surface area (Å²) in [5.74, 6) is -2.80. The number of hydrogen-bond donors (Lipinski definition) is 4. The van der Waals surface area contributed by atoms with Crippen molar-refractivity contribution in [3.63, 3.8) is 0 Å². The fraction of sp³-hybridized carbons (Fsp3) is 0.455. The summed E-state index contributed by atoms with van der Waals surface area (Å²) < 4.78 is 13.1. The van der Waals surface area contributed by atoms with Gasteiger partial charge < -0.3 is 15.6 Å². The number of halogens is 1. The Balaban J connectivity index is 1.72. The number of hydrazine groups is 1. The van der Waals surface area contributed by atoms with Gasteiger partial charge in [0.15, 0.2) is 6.67 Å². The van der Waals surface area contributed by atoms with E-state index in [1.807, 2.05) is 38.1 Å². The first-order valence-electron chi connectivity index (χ1n) is 10.6. The van der Waals surface area contributed by atoms with Gasteiger partial charge in [0, 0.05) is 17.4 Å². The van der Waals surface area contributed by atoms with Gasteiger partial charge >= 0.3 is 0 Å². The molecule has 4 N–H and O–H groups in total. The highest BCUT2D eigenvalue weighted by Gasteiger charge is 2.31. The van der Waals surface area contributed by atoms with E-state index >= 15 is 0 Å². The minimum Gasteiger partial charge on any atom is -0.356 e.